The maximum Gasteiger partial charge on any atom is 0.123 e. The molecule has 0 amide bonds. The van der Waals surface area contributed by atoms with Gasteiger partial charge in [0.05, 0.1) is 19.8 Å². The Hall–Kier alpha value is -2.04. The number of aliphatic hydroxyl groups is 1. The lowest BCUT2D eigenvalue weighted by Crippen LogP contribution is -2.35. The Morgan fingerprint density at radius 3 is 2.41 bits per heavy atom. The molecule has 118 valence electrons. The molecule has 0 bridgehead atoms. The molecule has 0 aliphatic rings. The summed E-state index contributed by atoms with van der Waals surface area (Å²) in [6.45, 7) is 2.83. The third-order valence-corrected chi connectivity index (χ3v) is 3.67. The number of rotatable bonds is 7. The molecule has 1 unspecified atom stereocenters. The van der Waals surface area contributed by atoms with E-state index in [0.717, 1.165) is 22.6 Å². The van der Waals surface area contributed by atoms with E-state index in [2.05, 4.69) is 5.32 Å². The lowest BCUT2D eigenvalue weighted by molar-refractivity contribution is 0.0566. The Kier molecular flexibility index (Phi) is 5.41. The molecule has 22 heavy (non-hydrogen) atoms. The molecular formula is C18H23NO3. The summed E-state index contributed by atoms with van der Waals surface area (Å²) in [6.07, 6.45) is 0. The fraction of sp³-hybridized carbons (Fsp3) is 0.333. The maximum atomic E-state index is 10.6. The van der Waals surface area contributed by atoms with E-state index >= 15 is 0 Å². The van der Waals surface area contributed by atoms with Crippen LogP contribution in [0.25, 0.3) is 0 Å². The molecule has 0 heterocycles. The number of methoxy groups -OCH3 is 2. The van der Waals surface area contributed by atoms with Crippen molar-refractivity contribution in [2.75, 3.05) is 20.8 Å². The topological polar surface area (TPSA) is 50.7 Å². The summed E-state index contributed by atoms with van der Waals surface area (Å²) >= 11 is 0. The first kappa shape index (κ1) is 16.3. The fourth-order valence-electron chi connectivity index (χ4n) is 2.36. The van der Waals surface area contributed by atoms with Crippen molar-refractivity contribution in [3.8, 4) is 11.5 Å². The smallest absolute Gasteiger partial charge is 0.123 e. The summed E-state index contributed by atoms with van der Waals surface area (Å²) in [4.78, 5) is 0. The first-order valence-corrected chi connectivity index (χ1v) is 7.26. The van der Waals surface area contributed by atoms with Gasteiger partial charge in [-0.05, 0) is 30.7 Å². The van der Waals surface area contributed by atoms with Crippen LogP contribution in [-0.2, 0) is 12.1 Å². The largest absolute Gasteiger partial charge is 0.497 e. The van der Waals surface area contributed by atoms with Crippen molar-refractivity contribution in [1.82, 2.24) is 5.32 Å². The van der Waals surface area contributed by atoms with Gasteiger partial charge in [-0.2, -0.15) is 0 Å². The van der Waals surface area contributed by atoms with Gasteiger partial charge in [-0.25, -0.2) is 0 Å². The highest BCUT2D eigenvalue weighted by Gasteiger charge is 2.22. The second-order valence-corrected chi connectivity index (χ2v) is 5.42. The summed E-state index contributed by atoms with van der Waals surface area (Å²) in [5.74, 6) is 1.58. The van der Waals surface area contributed by atoms with Crippen molar-refractivity contribution in [3.05, 3.63) is 59.7 Å². The summed E-state index contributed by atoms with van der Waals surface area (Å²) < 4.78 is 10.6. The molecule has 2 aromatic rings. The Labute approximate surface area is 131 Å². The molecule has 2 aromatic carbocycles. The lowest BCUT2D eigenvalue weighted by Gasteiger charge is -2.24. The van der Waals surface area contributed by atoms with Crippen LogP contribution in [0, 0.1) is 0 Å². The Morgan fingerprint density at radius 2 is 1.77 bits per heavy atom. The average Bonchev–Trinajstić information content (AvgIpc) is 2.55. The van der Waals surface area contributed by atoms with Crippen LogP contribution in [0.3, 0.4) is 0 Å². The van der Waals surface area contributed by atoms with Gasteiger partial charge in [-0.15, -0.1) is 0 Å². The first-order chi connectivity index (χ1) is 10.6. The standard InChI is InChI=1S/C18H23NO3/c1-18(20,15-7-5-4-6-8-15)13-19-12-14-11-16(21-2)9-10-17(14)22-3/h4-11,19-20H,12-13H2,1-3H3. The van der Waals surface area contributed by atoms with E-state index in [9.17, 15) is 5.11 Å². The van der Waals surface area contributed by atoms with Gasteiger partial charge in [0.1, 0.15) is 11.5 Å². The van der Waals surface area contributed by atoms with Crippen LogP contribution in [0.4, 0.5) is 0 Å². The van der Waals surface area contributed by atoms with Crippen LogP contribution in [0.1, 0.15) is 18.1 Å². The van der Waals surface area contributed by atoms with Crippen LogP contribution < -0.4 is 14.8 Å². The zero-order valence-electron chi connectivity index (χ0n) is 13.3. The predicted molar refractivity (Wildman–Crippen MR) is 87.3 cm³/mol. The van der Waals surface area contributed by atoms with Crippen LogP contribution in [0.5, 0.6) is 11.5 Å². The van der Waals surface area contributed by atoms with E-state index in [1.165, 1.54) is 0 Å². The molecule has 0 aromatic heterocycles. The molecule has 0 radical (unpaired) electrons. The van der Waals surface area contributed by atoms with Crippen molar-refractivity contribution in [3.63, 3.8) is 0 Å². The molecule has 0 saturated carbocycles. The predicted octanol–water partition coefficient (Wildman–Crippen LogP) is 2.70. The van der Waals surface area contributed by atoms with Crippen LogP contribution >= 0.6 is 0 Å². The van der Waals surface area contributed by atoms with Gasteiger partial charge in [0.25, 0.3) is 0 Å². The number of ether oxygens (including phenoxy) is 2. The Balaban J connectivity index is 2.01. The maximum absolute atomic E-state index is 10.6. The van der Waals surface area contributed by atoms with Gasteiger partial charge in [0, 0.05) is 18.7 Å². The van der Waals surface area contributed by atoms with Crippen LogP contribution in [0.15, 0.2) is 48.5 Å². The number of benzene rings is 2. The van der Waals surface area contributed by atoms with E-state index in [0.29, 0.717) is 13.1 Å². The van der Waals surface area contributed by atoms with Crippen molar-refractivity contribution in [1.29, 1.82) is 0 Å². The third-order valence-electron chi connectivity index (χ3n) is 3.67. The summed E-state index contributed by atoms with van der Waals surface area (Å²) in [7, 11) is 3.28. The quantitative estimate of drug-likeness (QED) is 0.825. The van der Waals surface area contributed by atoms with Gasteiger partial charge in [-0.1, -0.05) is 30.3 Å². The summed E-state index contributed by atoms with van der Waals surface area (Å²) in [5, 5.41) is 13.9. The monoisotopic (exact) mass is 301 g/mol. The molecule has 0 aliphatic carbocycles. The highest BCUT2D eigenvalue weighted by molar-refractivity contribution is 5.40. The minimum Gasteiger partial charge on any atom is -0.497 e. The number of hydrogen-bond acceptors (Lipinski definition) is 4. The van der Waals surface area contributed by atoms with E-state index in [4.69, 9.17) is 9.47 Å². The van der Waals surface area contributed by atoms with Crippen LogP contribution in [-0.4, -0.2) is 25.9 Å². The number of nitrogens with one attached hydrogen (secondary N) is 1. The molecule has 0 spiro atoms. The van der Waals surface area contributed by atoms with Crippen LogP contribution in [0.2, 0.25) is 0 Å². The van der Waals surface area contributed by atoms with Gasteiger partial charge < -0.3 is 19.9 Å². The molecule has 0 fully saturated rings. The molecule has 2 rings (SSSR count). The van der Waals surface area contributed by atoms with Gasteiger partial charge in [0.15, 0.2) is 0 Å². The zero-order valence-corrected chi connectivity index (χ0v) is 13.3. The number of hydrogen-bond donors (Lipinski definition) is 2. The first-order valence-electron chi connectivity index (χ1n) is 7.26. The van der Waals surface area contributed by atoms with E-state index < -0.39 is 5.60 Å². The Bertz CT molecular complexity index is 597. The highest BCUT2D eigenvalue weighted by Crippen LogP contribution is 2.24. The van der Waals surface area contributed by atoms with E-state index in [1.54, 1.807) is 21.1 Å². The second kappa shape index (κ2) is 7.29. The molecule has 0 saturated heterocycles. The minimum atomic E-state index is -0.923. The summed E-state index contributed by atoms with van der Waals surface area (Å²) in [5.41, 5.74) is 0.957. The Morgan fingerprint density at radius 1 is 1.05 bits per heavy atom. The van der Waals surface area contributed by atoms with Crippen molar-refractivity contribution in [2.24, 2.45) is 0 Å². The molecule has 2 N–H and O–H groups in total. The van der Waals surface area contributed by atoms with Crippen molar-refractivity contribution >= 4 is 0 Å². The molecule has 0 aliphatic heterocycles. The highest BCUT2D eigenvalue weighted by atomic mass is 16.5. The molecule has 4 heteroatoms. The molecule has 4 nitrogen and oxygen atoms in total. The SMILES string of the molecule is COc1ccc(OC)c(CNCC(C)(O)c2ccccc2)c1. The van der Waals surface area contributed by atoms with Crippen molar-refractivity contribution < 1.29 is 14.6 Å². The van der Waals surface area contributed by atoms with E-state index in [1.807, 2.05) is 48.5 Å². The van der Waals surface area contributed by atoms with Gasteiger partial charge >= 0.3 is 0 Å². The lowest BCUT2D eigenvalue weighted by atomic mass is 9.96. The van der Waals surface area contributed by atoms with Gasteiger partial charge in [0.2, 0.25) is 0 Å². The average molecular weight is 301 g/mol. The van der Waals surface area contributed by atoms with E-state index in [-0.39, 0.29) is 0 Å². The third kappa shape index (κ3) is 4.00. The fourth-order valence-corrected chi connectivity index (χ4v) is 2.36. The van der Waals surface area contributed by atoms with Crippen molar-refractivity contribution in [2.45, 2.75) is 19.1 Å². The molecular weight excluding hydrogens is 278 g/mol. The second-order valence-electron chi connectivity index (χ2n) is 5.42. The zero-order chi connectivity index (χ0) is 16.0. The molecule has 1 atom stereocenters. The van der Waals surface area contributed by atoms with Gasteiger partial charge in [-0.3, -0.25) is 0 Å². The normalized spacial score (nSPS) is 13.5. The minimum absolute atomic E-state index is 0.442. The summed E-state index contributed by atoms with van der Waals surface area (Å²) in [6, 6.07) is 15.3.